The summed E-state index contributed by atoms with van der Waals surface area (Å²) in [4.78, 5) is 25.8. The van der Waals surface area contributed by atoms with Gasteiger partial charge in [0.25, 0.3) is 0 Å². The van der Waals surface area contributed by atoms with Crippen LogP contribution in [0.2, 0.25) is 5.02 Å². The molecule has 0 radical (unpaired) electrons. The summed E-state index contributed by atoms with van der Waals surface area (Å²) in [5.41, 5.74) is 8.78. The van der Waals surface area contributed by atoms with E-state index in [0.29, 0.717) is 10.6 Å². The number of benzene rings is 2. The molecule has 2 aromatic rings. The third-order valence-electron chi connectivity index (χ3n) is 4.46. The van der Waals surface area contributed by atoms with Crippen LogP contribution in [0.15, 0.2) is 42.5 Å². The molecule has 0 aromatic heterocycles. The van der Waals surface area contributed by atoms with Crippen LogP contribution in [-0.4, -0.2) is 33.1 Å². The first-order chi connectivity index (χ1) is 12.3. The SMILES string of the molecule is COC(=O)c1ccc(C(C(N)=O)C(C)c2cc(Cl)ccc2N(C)C)cc1. The van der Waals surface area contributed by atoms with Crippen molar-refractivity contribution in [1.82, 2.24) is 0 Å². The smallest absolute Gasteiger partial charge is 0.337 e. The number of carbonyl (C=O) groups is 2. The zero-order valence-corrected chi connectivity index (χ0v) is 16.1. The van der Waals surface area contributed by atoms with Gasteiger partial charge in [-0.25, -0.2) is 4.79 Å². The Balaban J connectivity index is 2.46. The molecule has 0 saturated heterocycles. The summed E-state index contributed by atoms with van der Waals surface area (Å²) in [6.07, 6.45) is 0. The Bertz CT molecular complexity index is 803. The van der Waals surface area contributed by atoms with Crippen molar-refractivity contribution in [3.63, 3.8) is 0 Å². The van der Waals surface area contributed by atoms with Crippen LogP contribution in [0.3, 0.4) is 0 Å². The van der Waals surface area contributed by atoms with E-state index in [0.717, 1.165) is 16.8 Å². The van der Waals surface area contributed by atoms with Gasteiger partial charge in [0.15, 0.2) is 0 Å². The predicted molar refractivity (Wildman–Crippen MR) is 104 cm³/mol. The van der Waals surface area contributed by atoms with Gasteiger partial charge in [-0.15, -0.1) is 0 Å². The van der Waals surface area contributed by atoms with E-state index < -0.39 is 17.8 Å². The molecular weight excluding hydrogens is 352 g/mol. The summed E-state index contributed by atoms with van der Waals surface area (Å²) >= 11 is 6.18. The number of amides is 1. The lowest BCUT2D eigenvalue weighted by atomic mass is 9.81. The molecule has 2 N–H and O–H groups in total. The number of nitrogens with two attached hydrogens (primary N) is 1. The molecule has 1 amide bonds. The second-order valence-electron chi connectivity index (χ2n) is 6.38. The topological polar surface area (TPSA) is 72.6 Å². The standard InChI is InChI=1S/C20H23ClN2O3/c1-12(16-11-15(21)9-10-17(16)23(2)3)18(19(22)24)13-5-7-14(8-6-13)20(25)26-4/h5-12,18H,1-4H3,(H2,22,24). The minimum atomic E-state index is -0.557. The Morgan fingerprint density at radius 1 is 1.12 bits per heavy atom. The maximum atomic E-state index is 12.2. The van der Waals surface area contributed by atoms with Crippen LogP contribution in [0.1, 0.15) is 40.2 Å². The molecule has 2 unspecified atom stereocenters. The van der Waals surface area contributed by atoms with Crippen molar-refractivity contribution < 1.29 is 14.3 Å². The van der Waals surface area contributed by atoms with Crippen molar-refractivity contribution in [2.24, 2.45) is 5.73 Å². The number of anilines is 1. The Hall–Kier alpha value is -2.53. The van der Waals surface area contributed by atoms with Crippen molar-refractivity contribution in [3.05, 3.63) is 64.2 Å². The summed E-state index contributed by atoms with van der Waals surface area (Å²) in [6, 6.07) is 12.3. The third kappa shape index (κ3) is 4.17. The molecule has 0 spiro atoms. The van der Waals surface area contributed by atoms with Gasteiger partial charge in [-0.05, 0) is 47.4 Å². The van der Waals surface area contributed by atoms with Gasteiger partial charge in [0, 0.05) is 24.8 Å². The number of esters is 1. The summed E-state index contributed by atoms with van der Waals surface area (Å²) in [7, 11) is 5.19. The van der Waals surface area contributed by atoms with E-state index in [4.69, 9.17) is 22.1 Å². The van der Waals surface area contributed by atoms with Crippen molar-refractivity contribution in [1.29, 1.82) is 0 Å². The molecule has 0 fully saturated rings. The molecule has 0 aliphatic heterocycles. The molecule has 138 valence electrons. The van der Waals surface area contributed by atoms with Crippen LogP contribution in [-0.2, 0) is 9.53 Å². The second-order valence-corrected chi connectivity index (χ2v) is 6.82. The highest BCUT2D eigenvalue weighted by molar-refractivity contribution is 6.30. The molecule has 6 heteroatoms. The number of nitrogens with zero attached hydrogens (tertiary/aromatic N) is 1. The number of methoxy groups -OCH3 is 1. The van der Waals surface area contributed by atoms with Gasteiger partial charge in [0.1, 0.15) is 0 Å². The third-order valence-corrected chi connectivity index (χ3v) is 4.69. The number of primary amides is 1. The van der Waals surface area contributed by atoms with Gasteiger partial charge in [-0.2, -0.15) is 0 Å². The van der Waals surface area contributed by atoms with Crippen LogP contribution in [0.5, 0.6) is 0 Å². The fraction of sp³-hybridized carbons (Fsp3) is 0.300. The van der Waals surface area contributed by atoms with Gasteiger partial charge < -0.3 is 15.4 Å². The Morgan fingerprint density at radius 2 is 1.73 bits per heavy atom. The van der Waals surface area contributed by atoms with E-state index in [1.807, 2.05) is 44.1 Å². The number of hydrogen-bond acceptors (Lipinski definition) is 4. The van der Waals surface area contributed by atoms with Crippen molar-refractivity contribution >= 4 is 29.2 Å². The summed E-state index contributed by atoms with van der Waals surface area (Å²) in [6.45, 7) is 1.95. The van der Waals surface area contributed by atoms with Crippen LogP contribution in [0.4, 0.5) is 5.69 Å². The molecule has 26 heavy (non-hydrogen) atoms. The lowest BCUT2D eigenvalue weighted by molar-refractivity contribution is -0.119. The molecule has 0 heterocycles. The number of hydrogen-bond donors (Lipinski definition) is 1. The fourth-order valence-corrected chi connectivity index (χ4v) is 3.30. The number of rotatable bonds is 6. The van der Waals surface area contributed by atoms with Crippen LogP contribution in [0.25, 0.3) is 0 Å². The van der Waals surface area contributed by atoms with Crippen LogP contribution < -0.4 is 10.6 Å². The first-order valence-corrected chi connectivity index (χ1v) is 8.58. The molecule has 2 rings (SSSR count). The average molecular weight is 375 g/mol. The van der Waals surface area contributed by atoms with Crippen LogP contribution in [0, 0.1) is 0 Å². The van der Waals surface area contributed by atoms with E-state index in [1.165, 1.54) is 7.11 Å². The monoisotopic (exact) mass is 374 g/mol. The minimum Gasteiger partial charge on any atom is -0.465 e. The molecule has 0 aliphatic rings. The second kappa shape index (κ2) is 8.23. The zero-order valence-electron chi connectivity index (χ0n) is 15.3. The number of carbonyl (C=O) groups excluding carboxylic acids is 2. The van der Waals surface area contributed by atoms with Gasteiger partial charge in [0.2, 0.25) is 5.91 Å². The highest BCUT2D eigenvalue weighted by Gasteiger charge is 2.28. The van der Waals surface area contributed by atoms with E-state index in [-0.39, 0.29) is 5.92 Å². The first kappa shape index (κ1) is 19.8. The maximum Gasteiger partial charge on any atom is 0.337 e. The molecule has 0 saturated carbocycles. The van der Waals surface area contributed by atoms with Gasteiger partial charge in [0.05, 0.1) is 18.6 Å². The normalized spacial score (nSPS) is 13.0. The number of halogens is 1. The minimum absolute atomic E-state index is 0.201. The molecule has 2 aromatic carbocycles. The molecule has 5 nitrogen and oxygen atoms in total. The van der Waals surface area contributed by atoms with Crippen LogP contribution >= 0.6 is 11.6 Å². The average Bonchev–Trinajstić information content (AvgIpc) is 2.61. The lowest BCUT2D eigenvalue weighted by Crippen LogP contribution is -2.27. The molecule has 2 atom stereocenters. The van der Waals surface area contributed by atoms with Crippen molar-refractivity contribution in [3.8, 4) is 0 Å². The summed E-state index contributed by atoms with van der Waals surface area (Å²) < 4.78 is 4.71. The lowest BCUT2D eigenvalue weighted by Gasteiger charge is -2.27. The van der Waals surface area contributed by atoms with E-state index in [2.05, 4.69) is 0 Å². The van der Waals surface area contributed by atoms with E-state index in [1.54, 1.807) is 24.3 Å². The van der Waals surface area contributed by atoms with Gasteiger partial charge in [-0.1, -0.05) is 30.7 Å². The van der Waals surface area contributed by atoms with E-state index in [9.17, 15) is 9.59 Å². The Morgan fingerprint density at radius 3 is 2.23 bits per heavy atom. The van der Waals surface area contributed by atoms with Crippen molar-refractivity contribution in [2.75, 3.05) is 26.1 Å². The molecule has 0 bridgehead atoms. The van der Waals surface area contributed by atoms with E-state index >= 15 is 0 Å². The number of ether oxygens (including phenoxy) is 1. The quantitative estimate of drug-likeness (QED) is 0.784. The summed E-state index contributed by atoms with van der Waals surface area (Å²) in [5, 5.41) is 0.599. The molecule has 0 aliphatic carbocycles. The highest BCUT2D eigenvalue weighted by atomic mass is 35.5. The largest absolute Gasteiger partial charge is 0.465 e. The predicted octanol–water partition coefficient (Wildman–Crippen LogP) is 3.57. The maximum absolute atomic E-state index is 12.2. The molecular formula is C20H23ClN2O3. The van der Waals surface area contributed by atoms with Gasteiger partial charge >= 0.3 is 5.97 Å². The van der Waals surface area contributed by atoms with Gasteiger partial charge in [-0.3, -0.25) is 4.79 Å². The summed E-state index contributed by atoms with van der Waals surface area (Å²) in [5.74, 6) is -1.62. The fourth-order valence-electron chi connectivity index (χ4n) is 3.12. The Kier molecular flexibility index (Phi) is 6.27. The Labute approximate surface area is 158 Å². The highest BCUT2D eigenvalue weighted by Crippen LogP contribution is 2.38. The zero-order chi connectivity index (χ0) is 19.4. The van der Waals surface area contributed by atoms with Crippen molar-refractivity contribution in [2.45, 2.75) is 18.8 Å². The first-order valence-electron chi connectivity index (χ1n) is 8.20.